The number of halogens is 1. The average Bonchev–Trinajstić information content (AvgIpc) is 3.14. The Morgan fingerprint density at radius 1 is 1.21 bits per heavy atom. The van der Waals surface area contributed by atoms with Gasteiger partial charge in [0.15, 0.2) is 5.16 Å². The van der Waals surface area contributed by atoms with Crippen molar-refractivity contribution < 1.29 is 4.79 Å². The van der Waals surface area contributed by atoms with Crippen molar-refractivity contribution in [1.29, 1.82) is 0 Å². The van der Waals surface area contributed by atoms with Crippen LogP contribution < -0.4 is 5.32 Å². The number of anilines is 1. The lowest BCUT2D eigenvalue weighted by Gasteiger charge is -2.06. The predicted molar refractivity (Wildman–Crippen MR) is 95.6 cm³/mol. The zero-order valence-corrected chi connectivity index (χ0v) is 13.9. The van der Waals surface area contributed by atoms with Crippen molar-refractivity contribution in [2.45, 2.75) is 5.16 Å². The molecule has 4 rings (SSSR count). The van der Waals surface area contributed by atoms with E-state index < -0.39 is 0 Å². The fourth-order valence-electron chi connectivity index (χ4n) is 2.42. The van der Waals surface area contributed by atoms with Gasteiger partial charge in [-0.1, -0.05) is 47.6 Å². The Balaban J connectivity index is 1.53. The number of thioether (sulfide) groups is 1. The first-order chi connectivity index (χ1) is 11.7. The van der Waals surface area contributed by atoms with Crippen molar-refractivity contribution in [3.63, 3.8) is 0 Å². The van der Waals surface area contributed by atoms with E-state index >= 15 is 0 Å². The molecule has 0 unspecified atom stereocenters. The Morgan fingerprint density at radius 2 is 2.00 bits per heavy atom. The molecule has 0 radical (unpaired) electrons. The SMILES string of the molecule is O=C(CSc1n[nH]c2nc3ccccc3n12)Nc1ccccc1Cl. The monoisotopic (exact) mass is 357 g/mol. The number of imidazole rings is 1. The molecule has 2 aromatic heterocycles. The molecule has 0 saturated heterocycles. The predicted octanol–water partition coefficient (Wildman–Crippen LogP) is 3.59. The summed E-state index contributed by atoms with van der Waals surface area (Å²) in [6.45, 7) is 0. The van der Waals surface area contributed by atoms with Crippen LogP contribution in [0.2, 0.25) is 5.02 Å². The van der Waals surface area contributed by atoms with Gasteiger partial charge in [-0.3, -0.25) is 9.20 Å². The number of amides is 1. The molecule has 8 heteroatoms. The van der Waals surface area contributed by atoms with E-state index in [9.17, 15) is 4.79 Å². The molecule has 2 aromatic carbocycles. The van der Waals surface area contributed by atoms with Crippen LogP contribution >= 0.6 is 23.4 Å². The molecule has 0 bridgehead atoms. The maximum absolute atomic E-state index is 12.1. The van der Waals surface area contributed by atoms with Gasteiger partial charge < -0.3 is 5.32 Å². The maximum Gasteiger partial charge on any atom is 0.234 e. The van der Waals surface area contributed by atoms with E-state index in [0.717, 1.165) is 11.0 Å². The number of benzene rings is 2. The summed E-state index contributed by atoms with van der Waals surface area (Å²) in [6.07, 6.45) is 0. The first-order valence-corrected chi connectivity index (χ1v) is 8.57. The van der Waals surface area contributed by atoms with Crippen LogP contribution in [0.25, 0.3) is 16.8 Å². The van der Waals surface area contributed by atoms with E-state index in [1.807, 2.05) is 40.8 Å². The molecule has 1 amide bonds. The van der Waals surface area contributed by atoms with Gasteiger partial charge in [-0.05, 0) is 24.3 Å². The number of rotatable bonds is 4. The Labute approximate surface area is 146 Å². The molecule has 0 atom stereocenters. The van der Waals surface area contributed by atoms with E-state index in [0.29, 0.717) is 21.6 Å². The molecule has 0 aliphatic rings. The fraction of sp³-hybridized carbons (Fsp3) is 0.0625. The van der Waals surface area contributed by atoms with Crippen molar-refractivity contribution in [1.82, 2.24) is 19.6 Å². The van der Waals surface area contributed by atoms with E-state index in [1.54, 1.807) is 12.1 Å². The van der Waals surface area contributed by atoms with Gasteiger partial charge in [0.25, 0.3) is 0 Å². The topological polar surface area (TPSA) is 75.1 Å². The molecule has 6 nitrogen and oxygen atoms in total. The number of aromatic nitrogens is 4. The molecule has 0 aliphatic heterocycles. The number of nitrogens with one attached hydrogen (secondary N) is 2. The van der Waals surface area contributed by atoms with Crippen LogP contribution in [0.4, 0.5) is 5.69 Å². The number of H-pyrrole nitrogens is 1. The van der Waals surface area contributed by atoms with E-state index in [2.05, 4.69) is 20.5 Å². The second kappa shape index (κ2) is 6.18. The maximum atomic E-state index is 12.1. The molecule has 0 saturated carbocycles. The lowest BCUT2D eigenvalue weighted by molar-refractivity contribution is -0.113. The number of hydrogen-bond acceptors (Lipinski definition) is 4. The number of carbonyl (C=O) groups is 1. The zero-order chi connectivity index (χ0) is 16.5. The van der Waals surface area contributed by atoms with Gasteiger partial charge in [0, 0.05) is 0 Å². The highest BCUT2D eigenvalue weighted by molar-refractivity contribution is 7.99. The standard InChI is InChI=1S/C16H12ClN5OS/c17-10-5-1-2-6-11(10)18-14(23)9-24-16-21-20-15-19-12-7-3-4-8-13(12)22(15)16/h1-8H,9H2,(H,18,23)(H,19,20). The smallest absolute Gasteiger partial charge is 0.234 e. The highest BCUT2D eigenvalue weighted by Gasteiger charge is 2.13. The molecule has 24 heavy (non-hydrogen) atoms. The van der Waals surface area contributed by atoms with Crippen LogP contribution in [0.3, 0.4) is 0 Å². The summed E-state index contributed by atoms with van der Waals surface area (Å²) in [6, 6.07) is 14.9. The third-order valence-corrected chi connectivity index (χ3v) is 4.75. The van der Waals surface area contributed by atoms with Gasteiger partial charge in [-0.25, -0.2) is 10.1 Å². The average molecular weight is 358 g/mol. The van der Waals surface area contributed by atoms with E-state index in [1.165, 1.54) is 11.8 Å². The van der Waals surface area contributed by atoms with Crippen LogP contribution in [0.1, 0.15) is 0 Å². The molecular formula is C16H12ClN5OS. The van der Waals surface area contributed by atoms with Gasteiger partial charge in [0.05, 0.1) is 27.5 Å². The lowest BCUT2D eigenvalue weighted by atomic mass is 10.3. The first kappa shape index (κ1) is 15.0. The molecular weight excluding hydrogens is 346 g/mol. The molecule has 4 aromatic rings. The van der Waals surface area contributed by atoms with Crippen LogP contribution in [0, 0.1) is 0 Å². The molecule has 0 spiro atoms. The fourth-order valence-corrected chi connectivity index (χ4v) is 3.36. The second-order valence-corrected chi connectivity index (χ2v) is 6.43. The number of fused-ring (bicyclic) bond motifs is 3. The third kappa shape index (κ3) is 2.72. The number of nitrogens with zero attached hydrogens (tertiary/aromatic N) is 3. The number of para-hydroxylation sites is 3. The Bertz CT molecular complexity index is 1040. The normalized spacial score (nSPS) is 11.2. The molecule has 2 heterocycles. The van der Waals surface area contributed by atoms with Crippen LogP contribution in [-0.4, -0.2) is 31.2 Å². The van der Waals surface area contributed by atoms with E-state index in [4.69, 9.17) is 11.6 Å². The lowest BCUT2D eigenvalue weighted by Crippen LogP contribution is -2.14. The number of hydrogen-bond donors (Lipinski definition) is 2. The minimum absolute atomic E-state index is 0.145. The van der Waals surface area contributed by atoms with Crippen molar-refractivity contribution in [3.8, 4) is 0 Å². The van der Waals surface area contributed by atoms with Crippen molar-refractivity contribution in [3.05, 3.63) is 53.6 Å². The summed E-state index contributed by atoms with van der Waals surface area (Å²) in [5.74, 6) is 0.733. The second-order valence-electron chi connectivity index (χ2n) is 5.08. The summed E-state index contributed by atoms with van der Waals surface area (Å²) in [4.78, 5) is 16.6. The molecule has 0 fully saturated rings. The first-order valence-electron chi connectivity index (χ1n) is 7.21. The largest absolute Gasteiger partial charge is 0.324 e. The molecule has 2 N–H and O–H groups in total. The third-order valence-electron chi connectivity index (χ3n) is 3.48. The Morgan fingerprint density at radius 3 is 2.88 bits per heavy atom. The summed E-state index contributed by atoms with van der Waals surface area (Å²) in [5.41, 5.74) is 2.44. The molecule has 0 aliphatic carbocycles. The van der Waals surface area contributed by atoms with E-state index in [-0.39, 0.29) is 11.7 Å². The van der Waals surface area contributed by atoms with Crippen molar-refractivity contribution >= 4 is 51.8 Å². The minimum atomic E-state index is -0.145. The van der Waals surface area contributed by atoms with Gasteiger partial charge in [-0.2, -0.15) is 0 Å². The Hall–Kier alpha value is -2.51. The van der Waals surface area contributed by atoms with Gasteiger partial charge in [-0.15, -0.1) is 5.10 Å². The van der Waals surface area contributed by atoms with Crippen molar-refractivity contribution in [2.24, 2.45) is 0 Å². The number of carbonyl (C=O) groups excluding carboxylic acids is 1. The summed E-state index contributed by atoms with van der Waals surface area (Å²) >= 11 is 7.38. The minimum Gasteiger partial charge on any atom is -0.324 e. The number of aromatic amines is 1. The quantitative estimate of drug-likeness (QED) is 0.547. The highest BCUT2D eigenvalue weighted by Crippen LogP contribution is 2.24. The van der Waals surface area contributed by atoms with Gasteiger partial charge in [0.2, 0.25) is 11.7 Å². The van der Waals surface area contributed by atoms with Crippen LogP contribution in [0.15, 0.2) is 53.7 Å². The van der Waals surface area contributed by atoms with Crippen LogP contribution in [0.5, 0.6) is 0 Å². The van der Waals surface area contributed by atoms with Crippen LogP contribution in [-0.2, 0) is 4.79 Å². The molecule has 120 valence electrons. The summed E-state index contributed by atoms with van der Waals surface area (Å²) in [5, 5.41) is 11.1. The Kier molecular flexibility index (Phi) is 3.87. The highest BCUT2D eigenvalue weighted by atomic mass is 35.5. The van der Waals surface area contributed by atoms with Crippen molar-refractivity contribution in [2.75, 3.05) is 11.1 Å². The summed E-state index contributed by atoms with van der Waals surface area (Å²) < 4.78 is 1.91. The van der Waals surface area contributed by atoms with Gasteiger partial charge >= 0.3 is 0 Å². The van der Waals surface area contributed by atoms with Gasteiger partial charge in [0.1, 0.15) is 0 Å². The summed E-state index contributed by atoms with van der Waals surface area (Å²) in [7, 11) is 0. The zero-order valence-electron chi connectivity index (χ0n) is 12.4.